The summed E-state index contributed by atoms with van der Waals surface area (Å²) in [5.41, 5.74) is 0. The van der Waals surface area contributed by atoms with Crippen molar-refractivity contribution in [1.82, 2.24) is 0 Å². The second-order valence-corrected chi connectivity index (χ2v) is 7.08. The van der Waals surface area contributed by atoms with E-state index >= 15 is 0 Å². The van der Waals surface area contributed by atoms with E-state index in [9.17, 15) is 4.79 Å². The monoisotopic (exact) mass is 334 g/mol. The number of esters is 1. The van der Waals surface area contributed by atoms with E-state index in [1.165, 1.54) is 16.9 Å². The Kier molecular flexibility index (Phi) is 6.20. The fourth-order valence-electron chi connectivity index (χ4n) is 1.63. The molecule has 0 aliphatic rings. The van der Waals surface area contributed by atoms with Crippen molar-refractivity contribution in [2.24, 2.45) is 5.92 Å². The Balaban J connectivity index is 2.03. The summed E-state index contributed by atoms with van der Waals surface area (Å²) in [5.74, 6) is 5.69. The summed E-state index contributed by atoms with van der Waals surface area (Å²) in [4.78, 5) is 15.1. The number of carbonyl (C=O) groups excluding carboxylic acids is 1. The van der Waals surface area contributed by atoms with Gasteiger partial charge in [0, 0.05) is 16.9 Å². The molecule has 3 nitrogen and oxygen atoms in total. The van der Waals surface area contributed by atoms with Gasteiger partial charge < -0.3 is 9.47 Å². The van der Waals surface area contributed by atoms with Crippen LogP contribution in [0.5, 0.6) is 0 Å². The molecule has 2 aromatic rings. The van der Waals surface area contributed by atoms with Gasteiger partial charge in [-0.3, -0.25) is 0 Å². The standard InChI is InChI=1S/C17H18O3S2/c1-12(2)11-20-17(18)14(19-3)8-6-13-7-9-16(22-13)15-5-4-10-21-15/h4-5,7,9-10,12,14H,11H2,1-3H3. The Morgan fingerprint density at radius 2 is 2.09 bits per heavy atom. The molecular weight excluding hydrogens is 316 g/mol. The van der Waals surface area contributed by atoms with Gasteiger partial charge in [0.15, 0.2) is 0 Å². The minimum Gasteiger partial charge on any atom is -0.463 e. The average Bonchev–Trinajstić information content (AvgIpc) is 3.16. The van der Waals surface area contributed by atoms with Gasteiger partial charge in [0.2, 0.25) is 6.10 Å². The zero-order valence-electron chi connectivity index (χ0n) is 12.8. The Hall–Kier alpha value is -1.61. The topological polar surface area (TPSA) is 35.5 Å². The maximum Gasteiger partial charge on any atom is 0.347 e. The lowest BCUT2D eigenvalue weighted by Gasteiger charge is -2.10. The Bertz CT molecular complexity index is 660. The normalized spacial score (nSPS) is 11.8. The van der Waals surface area contributed by atoms with Crippen LogP contribution in [0, 0.1) is 17.8 Å². The molecule has 0 aliphatic heterocycles. The van der Waals surface area contributed by atoms with Gasteiger partial charge in [0.1, 0.15) is 0 Å². The molecule has 0 spiro atoms. The molecule has 116 valence electrons. The van der Waals surface area contributed by atoms with Crippen molar-refractivity contribution in [3.63, 3.8) is 0 Å². The summed E-state index contributed by atoms with van der Waals surface area (Å²) in [6, 6.07) is 8.10. The summed E-state index contributed by atoms with van der Waals surface area (Å²) in [6.07, 6.45) is -0.842. The van der Waals surface area contributed by atoms with Crippen molar-refractivity contribution in [1.29, 1.82) is 0 Å². The SMILES string of the molecule is COC(C#Cc1ccc(-c2cccs2)s1)C(=O)OCC(C)C. The molecule has 0 amide bonds. The van der Waals surface area contributed by atoms with E-state index in [1.54, 1.807) is 22.7 Å². The van der Waals surface area contributed by atoms with Crippen LogP contribution in [0.15, 0.2) is 29.6 Å². The number of hydrogen-bond acceptors (Lipinski definition) is 5. The first-order chi connectivity index (χ1) is 10.6. The summed E-state index contributed by atoms with van der Waals surface area (Å²) in [7, 11) is 1.46. The number of ether oxygens (including phenoxy) is 2. The Morgan fingerprint density at radius 1 is 1.27 bits per heavy atom. The van der Waals surface area contributed by atoms with E-state index in [0.717, 1.165) is 4.88 Å². The van der Waals surface area contributed by atoms with Crippen molar-refractivity contribution in [2.75, 3.05) is 13.7 Å². The average molecular weight is 334 g/mol. The minimum absolute atomic E-state index is 0.292. The number of rotatable bonds is 5. The molecule has 0 aromatic carbocycles. The second-order valence-electron chi connectivity index (χ2n) is 5.05. The molecule has 5 heteroatoms. The number of hydrogen-bond donors (Lipinski definition) is 0. The molecule has 2 heterocycles. The molecule has 2 rings (SSSR count). The highest BCUT2D eigenvalue weighted by Crippen LogP contribution is 2.31. The minimum atomic E-state index is -0.842. The predicted octanol–water partition coefficient (Wildman–Crippen LogP) is 4.04. The fourth-order valence-corrected chi connectivity index (χ4v) is 3.33. The molecular formula is C17H18O3S2. The van der Waals surface area contributed by atoms with Gasteiger partial charge in [-0.2, -0.15) is 0 Å². The number of carbonyl (C=O) groups is 1. The molecule has 0 bridgehead atoms. The van der Waals surface area contributed by atoms with Crippen LogP contribution in [0.1, 0.15) is 18.7 Å². The molecule has 22 heavy (non-hydrogen) atoms. The van der Waals surface area contributed by atoms with E-state index in [-0.39, 0.29) is 0 Å². The maximum atomic E-state index is 11.8. The lowest BCUT2D eigenvalue weighted by molar-refractivity contribution is -0.152. The van der Waals surface area contributed by atoms with Crippen LogP contribution < -0.4 is 0 Å². The largest absolute Gasteiger partial charge is 0.463 e. The maximum absolute atomic E-state index is 11.8. The zero-order chi connectivity index (χ0) is 15.9. The molecule has 1 atom stereocenters. The molecule has 0 saturated carbocycles. The molecule has 0 radical (unpaired) electrons. The quantitative estimate of drug-likeness (QED) is 0.611. The van der Waals surface area contributed by atoms with Gasteiger partial charge in [-0.25, -0.2) is 4.79 Å². The van der Waals surface area contributed by atoms with Crippen molar-refractivity contribution >= 4 is 28.6 Å². The zero-order valence-corrected chi connectivity index (χ0v) is 14.4. The summed E-state index contributed by atoms with van der Waals surface area (Å²) >= 11 is 3.30. The third kappa shape index (κ3) is 4.70. The lowest BCUT2D eigenvalue weighted by Crippen LogP contribution is -2.25. The summed E-state index contributed by atoms with van der Waals surface area (Å²) in [6.45, 7) is 4.35. The Morgan fingerprint density at radius 3 is 2.73 bits per heavy atom. The second kappa shape index (κ2) is 8.14. The highest BCUT2D eigenvalue weighted by atomic mass is 32.1. The first-order valence-corrected chi connectivity index (χ1v) is 8.64. The number of methoxy groups -OCH3 is 1. The van der Waals surface area contributed by atoms with Gasteiger partial charge in [-0.15, -0.1) is 22.7 Å². The van der Waals surface area contributed by atoms with E-state index < -0.39 is 12.1 Å². The van der Waals surface area contributed by atoms with Gasteiger partial charge in [0.05, 0.1) is 11.5 Å². The highest BCUT2D eigenvalue weighted by molar-refractivity contribution is 7.21. The van der Waals surface area contributed by atoms with Crippen molar-refractivity contribution in [3.8, 4) is 21.6 Å². The first-order valence-electron chi connectivity index (χ1n) is 6.95. The smallest absolute Gasteiger partial charge is 0.347 e. The summed E-state index contributed by atoms with van der Waals surface area (Å²) in [5, 5.41) is 2.05. The third-order valence-corrected chi connectivity index (χ3v) is 4.77. The van der Waals surface area contributed by atoms with Crippen LogP contribution >= 0.6 is 22.7 Å². The molecule has 0 N–H and O–H groups in total. The van der Waals surface area contributed by atoms with Gasteiger partial charge in [-0.05, 0) is 29.5 Å². The molecule has 0 fully saturated rings. The van der Waals surface area contributed by atoms with Crippen molar-refractivity contribution < 1.29 is 14.3 Å². The van der Waals surface area contributed by atoms with Gasteiger partial charge in [-0.1, -0.05) is 31.8 Å². The third-order valence-electron chi connectivity index (χ3n) is 2.71. The summed E-state index contributed by atoms with van der Waals surface area (Å²) < 4.78 is 10.3. The predicted molar refractivity (Wildman–Crippen MR) is 91.1 cm³/mol. The van der Waals surface area contributed by atoms with Crippen LogP contribution in [-0.2, 0) is 14.3 Å². The molecule has 0 aliphatic carbocycles. The van der Waals surface area contributed by atoms with E-state index in [1.807, 2.05) is 37.4 Å². The van der Waals surface area contributed by atoms with Crippen LogP contribution in [0.4, 0.5) is 0 Å². The van der Waals surface area contributed by atoms with Crippen LogP contribution in [0.25, 0.3) is 9.75 Å². The highest BCUT2D eigenvalue weighted by Gasteiger charge is 2.17. The fraction of sp³-hybridized carbons (Fsp3) is 0.353. The van der Waals surface area contributed by atoms with Crippen LogP contribution in [0.2, 0.25) is 0 Å². The van der Waals surface area contributed by atoms with Crippen molar-refractivity contribution in [2.45, 2.75) is 20.0 Å². The van der Waals surface area contributed by atoms with E-state index in [2.05, 4.69) is 17.9 Å². The van der Waals surface area contributed by atoms with Gasteiger partial charge >= 0.3 is 5.97 Å². The Labute approximate surface area is 138 Å². The molecule has 1 unspecified atom stereocenters. The lowest BCUT2D eigenvalue weighted by atomic mass is 10.2. The first kappa shape index (κ1) is 16.8. The van der Waals surface area contributed by atoms with Crippen molar-refractivity contribution in [3.05, 3.63) is 34.5 Å². The van der Waals surface area contributed by atoms with E-state index in [4.69, 9.17) is 9.47 Å². The number of thiophene rings is 2. The van der Waals surface area contributed by atoms with Crippen LogP contribution in [-0.4, -0.2) is 25.8 Å². The van der Waals surface area contributed by atoms with E-state index in [0.29, 0.717) is 12.5 Å². The van der Waals surface area contributed by atoms with Gasteiger partial charge in [0.25, 0.3) is 0 Å². The van der Waals surface area contributed by atoms with Crippen LogP contribution in [0.3, 0.4) is 0 Å². The molecule has 0 saturated heterocycles. The molecule has 2 aromatic heterocycles.